The van der Waals surface area contributed by atoms with Gasteiger partial charge in [-0.25, -0.2) is 0 Å². The molecular weight excluding hydrogens is 356 g/mol. The Kier molecular flexibility index (Phi) is 3.27. The van der Waals surface area contributed by atoms with Crippen molar-refractivity contribution in [3.63, 3.8) is 0 Å². The van der Waals surface area contributed by atoms with Crippen molar-refractivity contribution in [2.24, 2.45) is 0 Å². The van der Waals surface area contributed by atoms with Gasteiger partial charge in [-0.3, -0.25) is 0 Å². The van der Waals surface area contributed by atoms with E-state index in [4.69, 9.17) is 4.42 Å². The van der Waals surface area contributed by atoms with Gasteiger partial charge in [0.1, 0.15) is 5.58 Å². The fraction of sp³-hybridized carbons (Fsp3) is 0.0667. The molecule has 0 aliphatic heterocycles. The molecule has 3 heteroatoms. The fourth-order valence-electron chi connectivity index (χ4n) is 2.07. The molecule has 0 saturated heterocycles. The van der Waals surface area contributed by atoms with E-state index in [0.717, 1.165) is 32.1 Å². The Morgan fingerprint density at radius 3 is 2.50 bits per heavy atom. The number of hydrogen-bond acceptors (Lipinski definition) is 1. The lowest BCUT2D eigenvalue weighted by Crippen LogP contribution is -1.79. The van der Waals surface area contributed by atoms with Crippen LogP contribution >= 0.6 is 31.9 Å². The molecule has 0 saturated carbocycles. The van der Waals surface area contributed by atoms with Crippen molar-refractivity contribution in [2.45, 2.75) is 5.33 Å². The van der Waals surface area contributed by atoms with E-state index in [1.807, 2.05) is 24.3 Å². The number of fused-ring (bicyclic) bond motifs is 1. The van der Waals surface area contributed by atoms with Crippen LogP contribution in [0.3, 0.4) is 0 Å². The molecule has 18 heavy (non-hydrogen) atoms. The molecule has 3 aromatic rings. The van der Waals surface area contributed by atoms with E-state index in [0.29, 0.717) is 0 Å². The molecule has 0 aliphatic rings. The van der Waals surface area contributed by atoms with Crippen LogP contribution in [0.5, 0.6) is 0 Å². The molecule has 0 atom stereocenters. The normalized spacial score (nSPS) is 11.0. The molecule has 0 N–H and O–H groups in total. The summed E-state index contributed by atoms with van der Waals surface area (Å²) in [4.78, 5) is 0. The first-order chi connectivity index (χ1) is 8.79. The monoisotopic (exact) mass is 364 g/mol. The predicted octanol–water partition coefficient (Wildman–Crippen LogP) is 5.76. The zero-order valence-corrected chi connectivity index (χ0v) is 12.7. The minimum atomic E-state index is 0.787. The number of furan rings is 1. The van der Waals surface area contributed by atoms with Gasteiger partial charge in [-0.2, -0.15) is 0 Å². The summed E-state index contributed by atoms with van der Waals surface area (Å²) in [5.41, 5.74) is 4.43. The molecule has 0 radical (unpaired) electrons. The van der Waals surface area contributed by atoms with Crippen molar-refractivity contribution in [2.75, 3.05) is 0 Å². The first-order valence-electron chi connectivity index (χ1n) is 5.62. The van der Waals surface area contributed by atoms with Crippen LogP contribution < -0.4 is 0 Å². The highest BCUT2D eigenvalue weighted by atomic mass is 79.9. The van der Waals surface area contributed by atoms with Gasteiger partial charge in [-0.1, -0.05) is 52.3 Å². The highest BCUT2D eigenvalue weighted by Crippen LogP contribution is 2.38. The summed E-state index contributed by atoms with van der Waals surface area (Å²) in [7, 11) is 0. The highest BCUT2D eigenvalue weighted by Gasteiger charge is 2.13. The van der Waals surface area contributed by atoms with Crippen LogP contribution in [0.4, 0.5) is 0 Å². The third-order valence-corrected chi connectivity index (χ3v) is 4.13. The van der Waals surface area contributed by atoms with Gasteiger partial charge in [0, 0.05) is 16.3 Å². The maximum Gasteiger partial charge on any atom is 0.178 e. The van der Waals surface area contributed by atoms with Gasteiger partial charge in [0.15, 0.2) is 4.67 Å². The summed E-state index contributed by atoms with van der Waals surface area (Å²) < 4.78 is 6.54. The zero-order chi connectivity index (χ0) is 12.5. The molecule has 0 fully saturated rings. The van der Waals surface area contributed by atoms with Gasteiger partial charge in [-0.15, -0.1) is 0 Å². The topological polar surface area (TPSA) is 13.1 Å². The molecule has 0 unspecified atom stereocenters. The maximum absolute atomic E-state index is 5.75. The van der Waals surface area contributed by atoms with Crippen molar-refractivity contribution < 1.29 is 4.42 Å². The summed E-state index contributed by atoms with van der Waals surface area (Å²) in [5, 5.41) is 1.99. The molecule has 3 rings (SSSR count). The van der Waals surface area contributed by atoms with Crippen molar-refractivity contribution in [3.8, 4) is 11.1 Å². The van der Waals surface area contributed by atoms with Crippen molar-refractivity contribution in [3.05, 3.63) is 58.8 Å². The van der Waals surface area contributed by atoms with Gasteiger partial charge in [0.05, 0.1) is 0 Å². The van der Waals surface area contributed by atoms with Crippen molar-refractivity contribution in [1.82, 2.24) is 0 Å². The molecule has 90 valence electrons. The lowest BCUT2D eigenvalue weighted by molar-refractivity contribution is 0.589. The van der Waals surface area contributed by atoms with Crippen molar-refractivity contribution >= 4 is 42.8 Å². The molecule has 0 aliphatic carbocycles. The van der Waals surface area contributed by atoms with Crippen LogP contribution in [-0.4, -0.2) is 0 Å². The Balaban J connectivity index is 2.30. The lowest BCUT2D eigenvalue weighted by atomic mass is 10.0. The SMILES string of the molecule is BrCc1ccc2oc(Br)c(-c3ccccc3)c2c1. The van der Waals surface area contributed by atoms with E-state index in [2.05, 4.69) is 56.1 Å². The second kappa shape index (κ2) is 4.90. The summed E-state index contributed by atoms with van der Waals surface area (Å²) in [5.74, 6) is 0. The average Bonchev–Trinajstić information content (AvgIpc) is 2.74. The van der Waals surface area contributed by atoms with Crippen LogP contribution in [0.2, 0.25) is 0 Å². The molecule has 1 heterocycles. The standard InChI is InChI=1S/C15H10Br2O/c16-9-10-6-7-13-12(8-10)14(15(17)18-13)11-4-2-1-3-5-11/h1-8H,9H2. The molecule has 1 nitrogen and oxygen atoms in total. The molecule has 0 bridgehead atoms. The highest BCUT2D eigenvalue weighted by molar-refractivity contribution is 9.10. The summed E-state index contributed by atoms with van der Waals surface area (Å²) in [6.07, 6.45) is 0. The predicted molar refractivity (Wildman–Crippen MR) is 82.0 cm³/mol. The van der Waals surface area contributed by atoms with Crippen LogP contribution in [-0.2, 0) is 5.33 Å². The first-order valence-corrected chi connectivity index (χ1v) is 7.53. The zero-order valence-electron chi connectivity index (χ0n) is 9.49. The minimum absolute atomic E-state index is 0.787. The van der Waals surface area contributed by atoms with Crippen molar-refractivity contribution in [1.29, 1.82) is 0 Å². The number of alkyl halides is 1. The molecule has 2 aromatic carbocycles. The molecular formula is C15H10Br2O. The second-order valence-corrected chi connectivity index (χ2v) is 5.36. The van der Waals surface area contributed by atoms with E-state index >= 15 is 0 Å². The van der Waals surface area contributed by atoms with E-state index in [-0.39, 0.29) is 0 Å². The fourth-order valence-corrected chi connectivity index (χ4v) is 3.04. The van der Waals surface area contributed by atoms with Crippen LogP contribution in [0, 0.1) is 0 Å². The number of rotatable bonds is 2. The van der Waals surface area contributed by atoms with E-state index in [1.54, 1.807) is 0 Å². The average molecular weight is 366 g/mol. The van der Waals surface area contributed by atoms with Gasteiger partial charge >= 0.3 is 0 Å². The third kappa shape index (κ3) is 2.02. The Bertz CT molecular complexity index is 686. The Morgan fingerprint density at radius 2 is 1.78 bits per heavy atom. The van der Waals surface area contributed by atoms with Crippen LogP contribution in [0.25, 0.3) is 22.1 Å². The second-order valence-electron chi connectivity index (χ2n) is 4.08. The van der Waals surface area contributed by atoms with Gasteiger partial charge < -0.3 is 4.42 Å². The van der Waals surface area contributed by atoms with E-state index < -0.39 is 0 Å². The van der Waals surface area contributed by atoms with Gasteiger partial charge in [0.25, 0.3) is 0 Å². The van der Waals surface area contributed by atoms with Crippen LogP contribution in [0.15, 0.2) is 57.6 Å². The maximum atomic E-state index is 5.75. The summed E-state index contributed by atoms with van der Waals surface area (Å²) in [6, 6.07) is 16.5. The first kappa shape index (κ1) is 12.0. The summed E-state index contributed by atoms with van der Waals surface area (Å²) in [6.45, 7) is 0. The Hall–Kier alpha value is -1.06. The quantitative estimate of drug-likeness (QED) is 0.526. The Morgan fingerprint density at radius 1 is 1.00 bits per heavy atom. The lowest BCUT2D eigenvalue weighted by Gasteiger charge is -2.00. The minimum Gasteiger partial charge on any atom is -0.449 e. The Labute approximate surface area is 122 Å². The summed E-state index contributed by atoms with van der Waals surface area (Å²) >= 11 is 7.00. The molecule has 0 spiro atoms. The third-order valence-electron chi connectivity index (χ3n) is 2.93. The van der Waals surface area contributed by atoms with Gasteiger partial charge in [0.2, 0.25) is 0 Å². The largest absolute Gasteiger partial charge is 0.449 e. The van der Waals surface area contributed by atoms with Gasteiger partial charge in [-0.05, 0) is 39.2 Å². The van der Waals surface area contributed by atoms with E-state index in [1.165, 1.54) is 5.56 Å². The molecule has 1 aromatic heterocycles. The number of hydrogen-bond donors (Lipinski definition) is 0. The van der Waals surface area contributed by atoms with E-state index in [9.17, 15) is 0 Å². The molecule has 0 amide bonds. The van der Waals surface area contributed by atoms with Crippen LogP contribution in [0.1, 0.15) is 5.56 Å². The number of halogens is 2. The smallest absolute Gasteiger partial charge is 0.178 e. The number of benzene rings is 2.